The zero-order valence-corrected chi connectivity index (χ0v) is 6.46. The number of nitrogens with one attached hydrogen (secondary N) is 1. The van der Waals surface area contributed by atoms with E-state index < -0.39 is 0 Å². The Morgan fingerprint density at radius 2 is 2.33 bits per heavy atom. The predicted octanol–water partition coefficient (Wildman–Crippen LogP) is 1.48. The summed E-state index contributed by atoms with van der Waals surface area (Å²) in [5.41, 5.74) is 1.70. The standard InChI is InChI=1S/C6H12NOS/c1-2-3-4-5-7-9-6-8/h7H,2-5H2,1H3. The summed E-state index contributed by atoms with van der Waals surface area (Å²) in [6, 6.07) is 0. The molecule has 0 aliphatic heterocycles. The topological polar surface area (TPSA) is 29.1 Å². The largest absolute Gasteiger partial charge is 0.282 e. The van der Waals surface area contributed by atoms with Crippen molar-refractivity contribution in [2.24, 2.45) is 0 Å². The van der Waals surface area contributed by atoms with Crippen molar-refractivity contribution < 1.29 is 4.79 Å². The molecule has 0 aliphatic carbocycles. The molecule has 0 heterocycles. The van der Waals surface area contributed by atoms with Crippen molar-refractivity contribution in [2.75, 3.05) is 6.54 Å². The Hall–Kier alpha value is -0.0200. The van der Waals surface area contributed by atoms with Crippen LogP contribution < -0.4 is 4.72 Å². The van der Waals surface area contributed by atoms with E-state index in [1.54, 1.807) is 5.62 Å². The smallest absolute Gasteiger partial charge is 0.276 e. The van der Waals surface area contributed by atoms with E-state index in [-0.39, 0.29) is 0 Å². The third kappa shape index (κ3) is 7.98. The first-order valence-corrected chi connectivity index (χ1v) is 3.99. The minimum atomic E-state index is 0.910. The molecule has 0 unspecified atom stereocenters. The number of hydrogen-bond donors (Lipinski definition) is 1. The van der Waals surface area contributed by atoms with Crippen LogP contribution in [0.25, 0.3) is 0 Å². The molecular formula is C6H12NOS. The second-order valence-corrected chi connectivity index (χ2v) is 2.45. The van der Waals surface area contributed by atoms with Crippen LogP contribution in [0.4, 0.5) is 0 Å². The highest BCUT2D eigenvalue weighted by atomic mass is 32.2. The summed E-state index contributed by atoms with van der Waals surface area (Å²) in [7, 11) is 0. The highest BCUT2D eigenvalue weighted by Crippen LogP contribution is 1.93. The van der Waals surface area contributed by atoms with Crippen molar-refractivity contribution in [3.05, 3.63) is 0 Å². The highest BCUT2D eigenvalue weighted by Gasteiger charge is 1.85. The van der Waals surface area contributed by atoms with Crippen LogP contribution in [0, 0.1) is 0 Å². The summed E-state index contributed by atoms with van der Waals surface area (Å²) >= 11 is 1.00. The van der Waals surface area contributed by atoms with Gasteiger partial charge in [0.1, 0.15) is 0 Å². The highest BCUT2D eigenvalue weighted by molar-refractivity contribution is 8.10. The molecule has 2 nitrogen and oxygen atoms in total. The molecule has 0 atom stereocenters. The first-order valence-electron chi connectivity index (χ1n) is 3.17. The molecule has 0 spiro atoms. The van der Waals surface area contributed by atoms with E-state index in [0.29, 0.717) is 0 Å². The van der Waals surface area contributed by atoms with E-state index in [2.05, 4.69) is 11.6 Å². The second kappa shape index (κ2) is 7.98. The van der Waals surface area contributed by atoms with Gasteiger partial charge in [-0.15, -0.1) is 0 Å². The van der Waals surface area contributed by atoms with Crippen LogP contribution in [0.15, 0.2) is 0 Å². The van der Waals surface area contributed by atoms with E-state index >= 15 is 0 Å². The van der Waals surface area contributed by atoms with Gasteiger partial charge in [0.15, 0.2) is 0 Å². The molecule has 1 N–H and O–H groups in total. The lowest BCUT2D eigenvalue weighted by atomic mass is 10.3. The molecular weight excluding hydrogens is 134 g/mol. The van der Waals surface area contributed by atoms with Crippen LogP contribution in [-0.2, 0) is 4.79 Å². The van der Waals surface area contributed by atoms with E-state index in [9.17, 15) is 4.79 Å². The average Bonchev–Trinajstić information content (AvgIpc) is 1.89. The van der Waals surface area contributed by atoms with Crippen molar-refractivity contribution in [3.63, 3.8) is 0 Å². The quantitative estimate of drug-likeness (QED) is 0.454. The van der Waals surface area contributed by atoms with Gasteiger partial charge in [0.05, 0.1) is 0 Å². The van der Waals surface area contributed by atoms with Gasteiger partial charge >= 0.3 is 0 Å². The summed E-state index contributed by atoms with van der Waals surface area (Å²) in [5.74, 6) is 0. The Morgan fingerprint density at radius 3 is 2.89 bits per heavy atom. The van der Waals surface area contributed by atoms with Crippen LogP contribution in [0.2, 0.25) is 0 Å². The fourth-order valence-corrected chi connectivity index (χ4v) is 0.833. The minimum absolute atomic E-state index is 0.910. The Labute approximate surface area is 60.5 Å². The fourth-order valence-electron chi connectivity index (χ4n) is 0.528. The Morgan fingerprint density at radius 1 is 1.56 bits per heavy atom. The lowest BCUT2D eigenvalue weighted by molar-refractivity contribution is 0.569. The predicted molar refractivity (Wildman–Crippen MR) is 40.8 cm³/mol. The van der Waals surface area contributed by atoms with E-state index in [0.717, 1.165) is 24.9 Å². The molecule has 0 rings (SSSR count). The third-order valence-corrected chi connectivity index (χ3v) is 1.43. The molecule has 3 heteroatoms. The normalized spacial score (nSPS) is 9.44. The van der Waals surface area contributed by atoms with Crippen molar-refractivity contribution in [3.8, 4) is 0 Å². The number of hydrogen-bond acceptors (Lipinski definition) is 3. The summed E-state index contributed by atoms with van der Waals surface area (Å²) in [6.45, 7) is 3.06. The SMILES string of the molecule is CCCCCNS[C]=O. The van der Waals surface area contributed by atoms with Gasteiger partial charge in [-0.05, 0) is 6.42 Å². The van der Waals surface area contributed by atoms with Crippen LogP contribution in [0.3, 0.4) is 0 Å². The van der Waals surface area contributed by atoms with Crippen LogP contribution in [-0.4, -0.2) is 12.2 Å². The molecule has 0 aromatic rings. The molecule has 0 bridgehead atoms. The second-order valence-electron chi connectivity index (χ2n) is 1.79. The molecule has 0 saturated heterocycles. The third-order valence-electron chi connectivity index (χ3n) is 0.996. The lowest BCUT2D eigenvalue weighted by Gasteiger charge is -1.95. The van der Waals surface area contributed by atoms with E-state index in [1.165, 1.54) is 12.8 Å². The van der Waals surface area contributed by atoms with Gasteiger partial charge in [0.25, 0.3) is 5.62 Å². The zero-order chi connectivity index (χ0) is 6.95. The zero-order valence-electron chi connectivity index (χ0n) is 5.64. The number of unbranched alkanes of at least 4 members (excludes halogenated alkanes) is 2. The fraction of sp³-hybridized carbons (Fsp3) is 0.833. The van der Waals surface area contributed by atoms with Gasteiger partial charge < -0.3 is 0 Å². The van der Waals surface area contributed by atoms with Crippen molar-refractivity contribution in [2.45, 2.75) is 26.2 Å². The van der Waals surface area contributed by atoms with Gasteiger partial charge in [-0.2, -0.15) is 0 Å². The van der Waals surface area contributed by atoms with Gasteiger partial charge in [0, 0.05) is 18.5 Å². The average molecular weight is 146 g/mol. The van der Waals surface area contributed by atoms with Crippen LogP contribution in [0.5, 0.6) is 0 Å². The summed E-state index contributed by atoms with van der Waals surface area (Å²) in [6.07, 6.45) is 3.59. The molecule has 53 valence electrons. The van der Waals surface area contributed by atoms with Gasteiger partial charge in [-0.3, -0.25) is 9.52 Å². The van der Waals surface area contributed by atoms with Gasteiger partial charge in [0.2, 0.25) is 0 Å². The maximum absolute atomic E-state index is 9.61. The van der Waals surface area contributed by atoms with Crippen molar-refractivity contribution >= 4 is 17.6 Å². The first kappa shape index (κ1) is 8.98. The maximum Gasteiger partial charge on any atom is 0.282 e. The first-order chi connectivity index (χ1) is 4.41. The number of rotatable bonds is 6. The summed E-state index contributed by atoms with van der Waals surface area (Å²) in [5, 5.41) is 0. The van der Waals surface area contributed by atoms with Crippen molar-refractivity contribution in [1.82, 2.24) is 4.72 Å². The molecule has 0 amide bonds. The lowest BCUT2D eigenvalue weighted by Crippen LogP contribution is -2.04. The molecule has 0 fully saturated rings. The molecule has 9 heavy (non-hydrogen) atoms. The molecule has 1 radical (unpaired) electrons. The van der Waals surface area contributed by atoms with E-state index in [4.69, 9.17) is 0 Å². The summed E-state index contributed by atoms with van der Waals surface area (Å²) < 4.78 is 2.86. The maximum atomic E-state index is 9.61. The Kier molecular flexibility index (Phi) is 7.96. The minimum Gasteiger partial charge on any atom is -0.276 e. The molecule has 0 aromatic heterocycles. The van der Waals surface area contributed by atoms with Gasteiger partial charge in [-0.1, -0.05) is 19.8 Å². The molecule has 0 aliphatic rings. The monoisotopic (exact) mass is 146 g/mol. The van der Waals surface area contributed by atoms with E-state index in [1.807, 2.05) is 0 Å². The number of carbonyl (C=O) groups excluding carboxylic acids is 1. The van der Waals surface area contributed by atoms with Crippen LogP contribution >= 0.6 is 11.9 Å². The van der Waals surface area contributed by atoms with Crippen molar-refractivity contribution in [1.29, 1.82) is 0 Å². The van der Waals surface area contributed by atoms with Gasteiger partial charge in [-0.25, -0.2) is 0 Å². The molecule has 0 aromatic carbocycles. The Balaban J connectivity index is 2.66. The Bertz CT molecular complexity index is 68.1. The van der Waals surface area contributed by atoms with Crippen LogP contribution in [0.1, 0.15) is 26.2 Å². The molecule has 0 saturated carbocycles. The summed E-state index contributed by atoms with van der Waals surface area (Å²) in [4.78, 5) is 9.61.